The number of nitriles is 1. The van der Waals surface area contributed by atoms with Gasteiger partial charge in [0.25, 0.3) is 5.91 Å². The van der Waals surface area contributed by atoms with Crippen molar-refractivity contribution in [2.45, 2.75) is 25.6 Å². The molecule has 1 aliphatic heterocycles. The zero-order valence-electron chi connectivity index (χ0n) is 15.6. The number of thiocarbonyl (C=S) groups is 1. The van der Waals surface area contributed by atoms with Crippen LogP contribution in [0.2, 0.25) is 0 Å². The lowest BCUT2D eigenvalue weighted by Crippen LogP contribution is -2.44. The van der Waals surface area contributed by atoms with Gasteiger partial charge in [-0.25, -0.2) is 4.39 Å². The van der Waals surface area contributed by atoms with Crippen molar-refractivity contribution in [1.82, 2.24) is 0 Å². The van der Waals surface area contributed by atoms with Gasteiger partial charge < -0.3 is 4.90 Å². The van der Waals surface area contributed by atoms with Crippen LogP contribution in [0.4, 0.5) is 28.9 Å². The summed E-state index contributed by atoms with van der Waals surface area (Å²) in [4.78, 5) is 26.1. The van der Waals surface area contributed by atoms with Crippen LogP contribution in [-0.4, -0.2) is 22.8 Å². The number of halogens is 4. The predicted octanol–water partition coefficient (Wildman–Crippen LogP) is 4.45. The van der Waals surface area contributed by atoms with Crippen molar-refractivity contribution >= 4 is 40.9 Å². The highest BCUT2D eigenvalue weighted by Gasteiger charge is 2.50. The Bertz CT molecular complexity index is 1120. The normalized spacial score (nSPS) is 16.0. The van der Waals surface area contributed by atoms with Gasteiger partial charge >= 0.3 is 6.18 Å². The highest BCUT2D eigenvalue weighted by molar-refractivity contribution is 7.81. The van der Waals surface area contributed by atoms with E-state index in [1.807, 2.05) is 0 Å². The van der Waals surface area contributed by atoms with Crippen molar-refractivity contribution in [2.75, 3.05) is 9.80 Å². The molecule has 3 rings (SSSR count). The number of benzene rings is 2. The molecule has 0 aliphatic carbocycles. The molecule has 0 aromatic heterocycles. The Morgan fingerprint density at radius 1 is 1.13 bits per heavy atom. The largest absolute Gasteiger partial charge is 0.417 e. The molecular weight excluding hydrogens is 422 g/mol. The standard InChI is InChI=1S/C20H13F4N3O2S/c1-19(2)17(29)26(13-5-3-11(9-25)15(7-13)20(22,23)24)18(30)27(19)14-6-4-12(10-28)16(21)8-14/h3-8,10H,1-2H3. The molecule has 0 radical (unpaired) electrons. The van der Waals surface area contributed by atoms with Crippen molar-refractivity contribution in [1.29, 1.82) is 5.26 Å². The lowest BCUT2D eigenvalue weighted by Gasteiger charge is -2.29. The molecule has 1 amide bonds. The molecule has 1 aliphatic rings. The molecule has 0 atom stereocenters. The summed E-state index contributed by atoms with van der Waals surface area (Å²) in [6.45, 7) is 2.98. The molecular formula is C20H13F4N3O2S. The van der Waals surface area contributed by atoms with E-state index in [4.69, 9.17) is 17.5 Å². The molecule has 154 valence electrons. The topological polar surface area (TPSA) is 64.4 Å². The highest BCUT2D eigenvalue weighted by atomic mass is 32.1. The molecule has 10 heteroatoms. The molecule has 0 unspecified atom stereocenters. The Morgan fingerprint density at radius 2 is 1.77 bits per heavy atom. The Balaban J connectivity index is 2.12. The molecule has 1 saturated heterocycles. The van der Waals surface area contributed by atoms with Crippen molar-refractivity contribution < 1.29 is 27.2 Å². The number of hydrogen-bond acceptors (Lipinski definition) is 4. The number of nitrogens with zero attached hydrogens (tertiary/aromatic N) is 3. The molecule has 1 fully saturated rings. The van der Waals surface area contributed by atoms with E-state index >= 15 is 0 Å². The monoisotopic (exact) mass is 435 g/mol. The lowest BCUT2D eigenvalue weighted by atomic mass is 10.0. The van der Waals surface area contributed by atoms with Crippen LogP contribution in [0.25, 0.3) is 0 Å². The van der Waals surface area contributed by atoms with E-state index in [1.54, 1.807) is 0 Å². The quantitative estimate of drug-likeness (QED) is 0.405. The first-order chi connectivity index (χ1) is 13.9. The van der Waals surface area contributed by atoms with Crippen LogP contribution in [-0.2, 0) is 11.0 Å². The zero-order chi connectivity index (χ0) is 22.4. The maximum Gasteiger partial charge on any atom is 0.417 e. The SMILES string of the molecule is CC1(C)C(=O)N(c2ccc(C#N)c(C(F)(F)F)c2)C(=S)N1c1ccc(C=O)c(F)c1. The summed E-state index contributed by atoms with van der Waals surface area (Å²) in [5, 5.41) is 8.79. The summed E-state index contributed by atoms with van der Waals surface area (Å²) in [5.74, 6) is -1.46. The maximum absolute atomic E-state index is 14.1. The van der Waals surface area contributed by atoms with E-state index in [1.165, 1.54) is 43.0 Å². The van der Waals surface area contributed by atoms with E-state index in [0.717, 1.165) is 17.0 Å². The summed E-state index contributed by atoms with van der Waals surface area (Å²) in [6, 6.07) is 7.93. The number of carbonyl (C=O) groups excluding carboxylic acids is 2. The minimum absolute atomic E-state index is 0.161. The van der Waals surface area contributed by atoms with E-state index < -0.39 is 34.6 Å². The Morgan fingerprint density at radius 3 is 2.30 bits per heavy atom. The molecule has 5 nitrogen and oxygen atoms in total. The van der Waals surface area contributed by atoms with Crippen molar-refractivity contribution in [3.05, 3.63) is 58.9 Å². The minimum Gasteiger partial charge on any atom is -0.303 e. The average Bonchev–Trinajstić information content (AvgIpc) is 2.85. The van der Waals surface area contributed by atoms with E-state index in [-0.39, 0.29) is 22.1 Å². The van der Waals surface area contributed by atoms with Crippen LogP contribution in [0.15, 0.2) is 36.4 Å². The fourth-order valence-corrected chi connectivity index (χ4v) is 3.73. The van der Waals surface area contributed by atoms with Crippen molar-refractivity contribution in [2.24, 2.45) is 0 Å². The molecule has 2 aromatic rings. The number of carbonyl (C=O) groups is 2. The second-order valence-electron chi connectivity index (χ2n) is 6.98. The van der Waals surface area contributed by atoms with Gasteiger partial charge in [0.1, 0.15) is 11.4 Å². The Labute approximate surface area is 174 Å². The molecule has 0 saturated carbocycles. The number of rotatable bonds is 3. The van der Waals surface area contributed by atoms with Gasteiger partial charge in [0.15, 0.2) is 11.4 Å². The first-order valence-corrected chi connectivity index (χ1v) is 8.89. The summed E-state index contributed by atoms with van der Waals surface area (Å²) < 4.78 is 54.1. The van der Waals surface area contributed by atoms with Gasteiger partial charge in [-0.2, -0.15) is 18.4 Å². The number of aldehydes is 1. The van der Waals surface area contributed by atoms with Crippen LogP contribution < -0.4 is 9.80 Å². The smallest absolute Gasteiger partial charge is 0.303 e. The molecule has 1 heterocycles. The summed E-state index contributed by atoms with van der Waals surface area (Å²) in [7, 11) is 0. The maximum atomic E-state index is 14.1. The fourth-order valence-electron chi connectivity index (χ4n) is 3.21. The summed E-state index contributed by atoms with van der Waals surface area (Å²) in [6.07, 6.45) is -4.48. The van der Waals surface area contributed by atoms with Gasteiger partial charge in [-0.3, -0.25) is 14.5 Å². The van der Waals surface area contributed by atoms with Crippen molar-refractivity contribution in [3.8, 4) is 6.07 Å². The highest BCUT2D eigenvalue weighted by Crippen LogP contribution is 2.39. The van der Waals surface area contributed by atoms with E-state index in [2.05, 4.69) is 0 Å². The van der Waals surface area contributed by atoms with Gasteiger partial charge in [0.05, 0.1) is 28.4 Å². The van der Waals surface area contributed by atoms with Crippen molar-refractivity contribution in [3.63, 3.8) is 0 Å². The van der Waals surface area contributed by atoms with Gasteiger partial charge in [-0.15, -0.1) is 0 Å². The second-order valence-corrected chi connectivity index (χ2v) is 7.35. The molecule has 0 bridgehead atoms. The van der Waals surface area contributed by atoms with Crippen LogP contribution in [0.3, 0.4) is 0 Å². The molecule has 0 spiro atoms. The summed E-state index contributed by atoms with van der Waals surface area (Å²) >= 11 is 5.35. The first-order valence-electron chi connectivity index (χ1n) is 8.48. The predicted molar refractivity (Wildman–Crippen MR) is 105 cm³/mol. The van der Waals surface area contributed by atoms with Crippen LogP contribution in [0, 0.1) is 17.1 Å². The van der Waals surface area contributed by atoms with Gasteiger partial charge in [0.2, 0.25) is 0 Å². The third-order valence-corrected chi connectivity index (χ3v) is 5.09. The second kappa shape index (κ2) is 7.18. The van der Waals surface area contributed by atoms with Gasteiger partial charge in [-0.1, -0.05) is 0 Å². The van der Waals surface area contributed by atoms with Crippen LogP contribution in [0.1, 0.15) is 35.3 Å². The molecule has 2 aromatic carbocycles. The Kier molecular flexibility index (Phi) is 5.12. The Hall–Kier alpha value is -3.32. The van der Waals surface area contributed by atoms with E-state index in [9.17, 15) is 27.2 Å². The number of anilines is 2. The number of alkyl halides is 3. The number of hydrogen-bond donors (Lipinski definition) is 0. The fraction of sp³-hybridized carbons (Fsp3) is 0.200. The van der Waals surface area contributed by atoms with Crippen LogP contribution >= 0.6 is 12.2 Å². The first kappa shape index (κ1) is 21.4. The molecule has 30 heavy (non-hydrogen) atoms. The molecule has 0 N–H and O–H groups in total. The third kappa shape index (κ3) is 3.31. The average molecular weight is 435 g/mol. The van der Waals surface area contributed by atoms with E-state index in [0.29, 0.717) is 12.4 Å². The van der Waals surface area contributed by atoms with Crippen LogP contribution in [0.5, 0.6) is 0 Å². The third-order valence-electron chi connectivity index (χ3n) is 4.72. The van der Waals surface area contributed by atoms with Gasteiger partial charge in [-0.05, 0) is 62.5 Å². The minimum atomic E-state index is -4.81. The lowest BCUT2D eigenvalue weighted by molar-refractivity contribution is -0.137. The zero-order valence-corrected chi connectivity index (χ0v) is 16.4. The van der Waals surface area contributed by atoms with Gasteiger partial charge in [0, 0.05) is 5.69 Å². The number of amides is 1. The summed E-state index contributed by atoms with van der Waals surface area (Å²) in [5.41, 5.74) is -3.34.